The first-order chi connectivity index (χ1) is 16.2. The summed E-state index contributed by atoms with van der Waals surface area (Å²) >= 11 is 0. The second-order valence-corrected chi connectivity index (χ2v) is 7.56. The molecule has 0 bridgehead atoms. The third kappa shape index (κ3) is 4.85. The predicted molar refractivity (Wildman–Crippen MR) is 121 cm³/mol. The number of ether oxygens (including phenoxy) is 3. The molecular formula is C24H24N2O8. The number of carbonyl (C=O) groups excluding carboxylic acids is 2. The quantitative estimate of drug-likeness (QED) is 0.355. The normalized spacial score (nSPS) is 13.9. The number of esters is 2. The number of rotatable bonds is 7. The summed E-state index contributed by atoms with van der Waals surface area (Å²) in [6.07, 6.45) is 0. The maximum atomic E-state index is 12.8. The van der Waals surface area contributed by atoms with Crippen LogP contribution in [0.3, 0.4) is 0 Å². The zero-order valence-electron chi connectivity index (χ0n) is 19.1. The van der Waals surface area contributed by atoms with Gasteiger partial charge in [-0.15, -0.1) is 0 Å². The molecule has 10 heteroatoms. The van der Waals surface area contributed by atoms with E-state index in [9.17, 15) is 24.8 Å². The zero-order valence-corrected chi connectivity index (χ0v) is 19.1. The second kappa shape index (κ2) is 10.1. The Morgan fingerprint density at radius 3 is 2.18 bits per heavy atom. The lowest BCUT2D eigenvalue weighted by Crippen LogP contribution is -2.32. The first-order valence-corrected chi connectivity index (χ1v) is 10.2. The minimum absolute atomic E-state index is 0.0245. The molecule has 0 aliphatic carbocycles. The lowest BCUT2D eigenvalue weighted by atomic mass is 9.79. The summed E-state index contributed by atoms with van der Waals surface area (Å²) in [5, 5.41) is 24.3. The minimum atomic E-state index is -1.06. The highest BCUT2D eigenvalue weighted by Gasteiger charge is 2.39. The maximum absolute atomic E-state index is 12.8. The fourth-order valence-electron chi connectivity index (χ4n) is 3.88. The lowest BCUT2D eigenvalue weighted by molar-refractivity contribution is -0.384. The Kier molecular flexibility index (Phi) is 7.20. The van der Waals surface area contributed by atoms with Crippen LogP contribution in [-0.2, 0) is 25.7 Å². The summed E-state index contributed by atoms with van der Waals surface area (Å²) in [6.45, 7) is 3.31. The van der Waals surface area contributed by atoms with Gasteiger partial charge in [-0.05, 0) is 37.6 Å². The van der Waals surface area contributed by atoms with E-state index in [0.29, 0.717) is 17.0 Å². The lowest BCUT2D eigenvalue weighted by Gasteiger charge is -2.30. The number of phenols is 1. The number of benzene rings is 2. The Morgan fingerprint density at radius 2 is 1.65 bits per heavy atom. The molecule has 178 valence electrons. The van der Waals surface area contributed by atoms with Gasteiger partial charge in [0.15, 0.2) is 0 Å². The summed E-state index contributed by atoms with van der Waals surface area (Å²) < 4.78 is 15.9. The third-order valence-electron chi connectivity index (χ3n) is 5.39. The van der Waals surface area contributed by atoms with E-state index >= 15 is 0 Å². The van der Waals surface area contributed by atoms with Crippen LogP contribution in [0, 0.1) is 10.1 Å². The molecule has 0 atom stereocenters. The molecule has 1 aliphatic heterocycles. The van der Waals surface area contributed by atoms with Gasteiger partial charge < -0.3 is 24.6 Å². The molecule has 1 heterocycles. The number of aromatic hydroxyl groups is 1. The number of nitrogens with zero attached hydrogens (tertiary/aromatic N) is 1. The maximum Gasteiger partial charge on any atom is 0.336 e. The van der Waals surface area contributed by atoms with Crippen LogP contribution in [-0.4, -0.2) is 36.2 Å². The molecule has 0 saturated heterocycles. The van der Waals surface area contributed by atoms with Crippen molar-refractivity contribution in [3.63, 3.8) is 0 Å². The van der Waals surface area contributed by atoms with Crippen molar-refractivity contribution in [3.05, 3.63) is 86.2 Å². The van der Waals surface area contributed by atoms with Gasteiger partial charge in [-0.2, -0.15) is 0 Å². The van der Waals surface area contributed by atoms with Crippen LogP contribution < -0.4 is 10.1 Å². The van der Waals surface area contributed by atoms with Gasteiger partial charge in [-0.25, -0.2) is 9.59 Å². The molecule has 0 unspecified atom stereocenters. The van der Waals surface area contributed by atoms with Crippen LogP contribution in [0.1, 0.15) is 30.9 Å². The van der Waals surface area contributed by atoms with Gasteiger partial charge in [0.1, 0.15) is 18.1 Å². The Labute approximate surface area is 195 Å². The molecule has 0 aromatic heterocycles. The molecule has 1 aliphatic rings. The van der Waals surface area contributed by atoms with Crippen molar-refractivity contribution >= 4 is 17.6 Å². The van der Waals surface area contributed by atoms with E-state index in [0.717, 1.165) is 0 Å². The topological polar surface area (TPSA) is 137 Å². The van der Waals surface area contributed by atoms with Gasteiger partial charge in [-0.1, -0.05) is 12.1 Å². The van der Waals surface area contributed by atoms with E-state index in [1.807, 2.05) is 0 Å². The number of hydrogen-bond acceptors (Lipinski definition) is 9. The summed E-state index contributed by atoms with van der Waals surface area (Å²) in [4.78, 5) is 36.5. The van der Waals surface area contributed by atoms with Gasteiger partial charge >= 0.3 is 11.9 Å². The molecule has 34 heavy (non-hydrogen) atoms. The first-order valence-electron chi connectivity index (χ1n) is 10.2. The molecule has 0 saturated carbocycles. The smallest absolute Gasteiger partial charge is 0.336 e. The number of methoxy groups -OCH3 is 2. The molecule has 2 N–H and O–H groups in total. The van der Waals surface area contributed by atoms with Crippen molar-refractivity contribution in [2.45, 2.75) is 26.4 Å². The molecule has 0 amide bonds. The Bertz CT molecular complexity index is 1180. The third-order valence-corrected chi connectivity index (χ3v) is 5.39. The van der Waals surface area contributed by atoms with Crippen LogP contribution in [0.2, 0.25) is 0 Å². The van der Waals surface area contributed by atoms with Crippen molar-refractivity contribution < 1.29 is 33.8 Å². The van der Waals surface area contributed by atoms with E-state index in [1.165, 1.54) is 44.6 Å². The van der Waals surface area contributed by atoms with Gasteiger partial charge in [0, 0.05) is 29.1 Å². The number of phenolic OH excluding ortho intramolecular Hbond substituents is 1. The van der Waals surface area contributed by atoms with Crippen molar-refractivity contribution in [1.29, 1.82) is 0 Å². The minimum Gasteiger partial charge on any atom is -0.508 e. The van der Waals surface area contributed by atoms with E-state index in [1.54, 1.807) is 26.0 Å². The van der Waals surface area contributed by atoms with Gasteiger partial charge in [0.05, 0.1) is 36.2 Å². The highest BCUT2D eigenvalue weighted by molar-refractivity contribution is 6.00. The Hall–Kier alpha value is -4.34. The Morgan fingerprint density at radius 1 is 1.03 bits per heavy atom. The number of hydrogen-bond donors (Lipinski definition) is 2. The number of nitrogens with one attached hydrogen (secondary N) is 1. The van der Waals surface area contributed by atoms with Crippen molar-refractivity contribution in [1.82, 2.24) is 5.32 Å². The molecule has 0 radical (unpaired) electrons. The van der Waals surface area contributed by atoms with Gasteiger partial charge in [-0.3, -0.25) is 10.1 Å². The molecule has 2 aromatic carbocycles. The monoisotopic (exact) mass is 468 g/mol. The van der Waals surface area contributed by atoms with Crippen molar-refractivity contribution in [3.8, 4) is 11.5 Å². The van der Waals surface area contributed by atoms with Gasteiger partial charge in [0.2, 0.25) is 0 Å². The summed E-state index contributed by atoms with van der Waals surface area (Å²) in [7, 11) is 2.41. The number of dihydropyridines is 1. The summed E-state index contributed by atoms with van der Waals surface area (Å²) in [5.74, 6) is -2.21. The van der Waals surface area contributed by atoms with Crippen molar-refractivity contribution in [2.75, 3.05) is 14.2 Å². The summed E-state index contributed by atoms with van der Waals surface area (Å²) in [5.41, 5.74) is 1.65. The molecule has 2 aromatic rings. The second-order valence-electron chi connectivity index (χ2n) is 7.56. The average Bonchev–Trinajstić information content (AvgIpc) is 2.81. The largest absolute Gasteiger partial charge is 0.508 e. The molecular weight excluding hydrogens is 444 g/mol. The standard InChI is InChI=1S/C24H24N2O8/c1-13-20(23(28)32-3)22(21(14(2)25-13)24(29)33-4)18-11-16(26(30)31)8-9-19(18)34-12-15-6-5-7-17(27)10-15/h5-11,22,25,27H,12H2,1-4H3. The molecule has 0 fully saturated rings. The van der Waals surface area contributed by atoms with Crippen LogP contribution in [0.5, 0.6) is 11.5 Å². The Balaban J connectivity index is 2.21. The van der Waals surface area contributed by atoms with Crippen LogP contribution in [0.15, 0.2) is 65.0 Å². The van der Waals surface area contributed by atoms with E-state index in [-0.39, 0.29) is 40.5 Å². The first kappa shape index (κ1) is 24.3. The number of carbonyl (C=O) groups is 2. The highest BCUT2D eigenvalue weighted by atomic mass is 16.6. The van der Waals surface area contributed by atoms with Crippen LogP contribution >= 0.6 is 0 Å². The number of nitro groups is 1. The predicted octanol–water partition coefficient (Wildman–Crippen LogP) is 3.46. The van der Waals surface area contributed by atoms with Crippen LogP contribution in [0.25, 0.3) is 0 Å². The van der Waals surface area contributed by atoms with E-state index in [2.05, 4.69) is 5.32 Å². The number of nitro benzene ring substituents is 1. The summed E-state index contributed by atoms with van der Waals surface area (Å²) in [6, 6.07) is 10.4. The van der Waals surface area contributed by atoms with Gasteiger partial charge in [0.25, 0.3) is 5.69 Å². The van der Waals surface area contributed by atoms with Crippen molar-refractivity contribution in [2.24, 2.45) is 0 Å². The number of allylic oxidation sites excluding steroid dienone is 2. The number of non-ortho nitro benzene ring substituents is 1. The SMILES string of the molecule is COC(=O)C1=C(C)NC(C)=C(C(=O)OC)C1c1cc([N+](=O)[O-])ccc1OCc1cccc(O)c1. The highest BCUT2D eigenvalue weighted by Crippen LogP contribution is 2.44. The molecule has 10 nitrogen and oxygen atoms in total. The van der Waals surface area contributed by atoms with E-state index < -0.39 is 22.8 Å². The molecule has 0 spiro atoms. The van der Waals surface area contributed by atoms with E-state index in [4.69, 9.17) is 14.2 Å². The zero-order chi connectivity index (χ0) is 25.0. The fraction of sp³-hybridized carbons (Fsp3) is 0.250. The average molecular weight is 468 g/mol. The molecule has 3 rings (SSSR count). The van der Waals surface area contributed by atoms with Crippen LogP contribution in [0.4, 0.5) is 5.69 Å². The fourth-order valence-corrected chi connectivity index (χ4v) is 3.88.